The van der Waals surface area contributed by atoms with Crippen molar-refractivity contribution in [2.45, 2.75) is 44.2 Å². The van der Waals surface area contributed by atoms with Crippen molar-refractivity contribution in [1.82, 2.24) is 10.2 Å². The Kier molecular flexibility index (Phi) is 7.33. The summed E-state index contributed by atoms with van der Waals surface area (Å²) in [5, 5.41) is 14.0. The first kappa shape index (κ1) is 21.8. The van der Waals surface area contributed by atoms with Crippen LogP contribution < -0.4 is 5.32 Å². The normalized spacial score (nSPS) is 18.8. The van der Waals surface area contributed by atoms with Crippen LogP contribution in [0.25, 0.3) is 0 Å². The maximum absolute atomic E-state index is 12.6. The Balaban J connectivity index is 1.49. The smallest absolute Gasteiger partial charge is 0.226 e. The van der Waals surface area contributed by atoms with Crippen molar-refractivity contribution in [2.75, 3.05) is 19.6 Å². The maximum Gasteiger partial charge on any atom is 0.226 e. The minimum Gasteiger partial charge on any atom is -0.389 e. The number of hydrogen-bond donors (Lipinski definition) is 2. The Hall–Kier alpha value is -1.88. The molecule has 0 saturated carbocycles. The zero-order valence-corrected chi connectivity index (χ0v) is 18.0. The number of alkyl halides is 1. The molecular weight excluding hydrogens is 384 g/mol. The van der Waals surface area contributed by atoms with Crippen LogP contribution in [-0.4, -0.2) is 41.1 Å². The lowest BCUT2D eigenvalue weighted by Gasteiger charge is -2.41. The molecule has 1 fully saturated rings. The van der Waals surface area contributed by atoms with E-state index >= 15 is 0 Å². The van der Waals surface area contributed by atoms with Gasteiger partial charge < -0.3 is 15.3 Å². The second-order valence-corrected chi connectivity index (χ2v) is 8.74. The number of piperidine rings is 1. The SMILES string of the molecule is Cc1cccc(CNC(=O)C(C)C2(O)CCN(CC(Cl)c3ccccc3)CC2)c1. The number of aryl methyl sites for hydroxylation is 1. The molecule has 2 N–H and O–H groups in total. The largest absolute Gasteiger partial charge is 0.389 e. The van der Waals surface area contributed by atoms with Crippen LogP contribution in [0.4, 0.5) is 0 Å². The number of aliphatic hydroxyl groups is 1. The number of halogens is 1. The van der Waals surface area contributed by atoms with Gasteiger partial charge in [-0.3, -0.25) is 4.79 Å². The number of carbonyl (C=O) groups is 1. The number of nitrogens with zero attached hydrogens (tertiary/aromatic N) is 1. The fraction of sp³-hybridized carbons (Fsp3) is 0.458. The van der Waals surface area contributed by atoms with E-state index in [2.05, 4.69) is 16.3 Å². The third-order valence-corrected chi connectivity index (χ3v) is 6.44. The van der Waals surface area contributed by atoms with Crippen LogP contribution in [0.1, 0.15) is 41.8 Å². The van der Waals surface area contributed by atoms with Crippen LogP contribution in [0.3, 0.4) is 0 Å². The second-order valence-electron chi connectivity index (χ2n) is 8.21. The van der Waals surface area contributed by atoms with Crippen LogP contribution in [0, 0.1) is 12.8 Å². The number of nitrogens with one attached hydrogen (secondary N) is 1. The minimum atomic E-state index is -0.970. The van der Waals surface area contributed by atoms with E-state index in [4.69, 9.17) is 11.6 Å². The number of rotatable bonds is 7. The van der Waals surface area contributed by atoms with E-state index < -0.39 is 11.5 Å². The van der Waals surface area contributed by atoms with E-state index in [9.17, 15) is 9.90 Å². The van der Waals surface area contributed by atoms with Crippen molar-refractivity contribution in [2.24, 2.45) is 5.92 Å². The first-order chi connectivity index (χ1) is 13.9. The first-order valence-corrected chi connectivity index (χ1v) is 10.8. The van der Waals surface area contributed by atoms with Crippen LogP contribution in [0.5, 0.6) is 0 Å². The van der Waals surface area contributed by atoms with E-state index in [1.54, 1.807) is 0 Å². The van der Waals surface area contributed by atoms with E-state index in [0.717, 1.165) is 30.8 Å². The lowest BCUT2D eigenvalue weighted by Crippen LogP contribution is -2.52. The van der Waals surface area contributed by atoms with Crippen molar-refractivity contribution >= 4 is 17.5 Å². The Morgan fingerprint density at radius 1 is 1.17 bits per heavy atom. The summed E-state index contributed by atoms with van der Waals surface area (Å²) in [5.41, 5.74) is 2.38. The highest BCUT2D eigenvalue weighted by atomic mass is 35.5. The van der Waals surface area contributed by atoms with Crippen LogP contribution in [0.2, 0.25) is 0 Å². The van der Waals surface area contributed by atoms with Gasteiger partial charge in [-0.1, -0.05) is 67.1 Å². The standard InChI is InChI=1S/C24H31ClN2O2/c1-18-7-6-8-20(15-18)16-26-23(28)19(2)24(29)11-13-27(14-12-24)17-22(25)21-9-4-3-5-10-21/h3-10,15,19,22,29H,11-14,16-17H2,1-2H3,(H,26,28). The topological polar surface area (TPSA) is 52.6 Å². The number of hydrogen-bond acceptors (Lipinski definition) is 3. The van der Waals surface area contributed by atoms with E-state index in [1.165, 1.54) is 5.56 Å². The van der Waals surface area contributed by atoms with E-state index in [1.807, 2.05) is 62.4 Å². The van der Waals surface area contributed by atoms with Crippen LogP contribution in [-0.2, 0) is 11.3 Å². The lowest BCUT2D eigenvalue weighted by atomic mass is 9.80. The van der Waals surface area contributed by atoms with Crippen molar-refractivity contribution in [3.63, 3.8) is 0 Å². The van der Waals surface area contributed by atoms with Crippen LogP contribution >= 0.6 is 11.6 Å². The van der Waals surface area contributed by atoms with Gasteiger partial charge in [-0.15, -0.1) is 11.6 Å². The van der Waals surface area contributed by atoms with Gasteiger partial charge in [0.2, 0.25) is 5.91 Å². The lowest BCUT2D eigenvalue weighted by molar-refractivity contribution is -0.137. The highest BCUT2D eigenvalue weighted by Crippen LogP contribution is 2.32. The molecule has 0 aliphatic carbocycles. The fourth-order valence-electron chi connectivity index (χ4n) is 3.96. The monoisotopic (exact) mass is 414 g/mol. The van der Waals surface area contributed by atoms with E-state index in [-0.39, 0.29) is 11.3 Å². The Morgan fingerprint density at radius 2 is 1.86 bits per heavy atom. The van der Waals surface area contributed by atoms with Gasteiger partial charge in [-0.2, -0.15) is 0 Å². The van der Waals surface area contributed by atoms with E-state index in [0.29, 0.717) is 19.4 Å². The summed E-state index contributed by atoms with van der Waals surface area (Å²) in [6.07, 6.45) is 1.15. The average Bonchev–Trinajstić information content (AvgIpc) is 2.74. The molecule has 29 heavy (non-hydrogen) atoms. The Morgan fingerprint density at radius 3 is 2.52 bits per heavy atom. The van der Waals surface area contributed by atoms with Crippen molar-refractivity contribution in [1.29, 1.82) is 0 Å². The zero-order chi connectivity index (χ0) is 20.9. The molecule has 1 heterocycles. The molecule has 0 bridgehead atoms. The average molecular weight is 415 g/mol. The molecule has 2 atom stereocenters. The zero-order valence-electron chi connectivity index (χ0n) is 17.3. The molecule has 2 unspecified atom stereocenters. The second kappa shape index (κ2) is 9.75. The predicted octanol–water partition coefficient (Wildman–Crippen LogP) is 4.05. The summed E-state index contributed by atoms with van der Waals surface area (Å²) in [7, 11) is 0. The third kappa shape index (κ3) is 5.81. The molecular formula is C24H31ClN2O2. The molecule has 0 spiro atoms. The first-order valence-electron chi connectivity index (χ1n) is 10.3. The summed E-state index contributed by atoms with van der Waals surface area (Å²) in [6, 6.07) is 18.1. The summed E-state index contributed by atoms with van der Waals surface area (Å²) >= 11 is 6.57. The van der Waals surface area contributed by atoms with Gasteiger partial charge in [0.25, 0.3) is 0 Å². The summed E-state index contributed by atoms with van der Waals surface area (Å²) in [6.45, 7) is 6.57. The van der Waals surface area contributed by atoms with Gasteiger partial charge in [-0.25, -0.2) is 0 Å². The highest BCUT2D eigenvalue weighted by molar-refractivity contribution is 6.21. The molecule has 2 aromatic rings. The van der Waals surface area contributed by atoms with Crippen molar-refractivity contribution in [3.05, 3.63) is 71.3 Å². The molecule has 156 valence electrons. The van der Waals surface area contributed by atoms with Crippen molar-refractivity contribution < 1.29 is 9.90 Å². The van der Waals surface area contributed by atoms with Gasteiger partial charge in [0.05, 0.1) is 16.9 Å². The molecule has 1 aliphatic heterocycles. The molecule has 2 aromatic carbocycles. The van der Waals surface area contributed by atoms with Gasteiger partial charge in [-0.05, 0) is 30.9 Å². The summed E-state index contributed by atoms with van der Waals surface area (Å²) in [5.74, 6) is -0.544. The molecule has 1 saturated heterocycles. The number of carbonyl (C=O) groups excluding carboxylic acids is 1. The molecule has 0 radical (unpaired) electrons. The molecule has 5 heteroatoms. The van der Waals surface area contributed by atoms with Gasteiger partial charge in [0.1, 0.15) is 0 Å². The number of amides is 1. The quantitative estimate of drug-likeness (QED) is 0.672. The van der Waals surface area contributed by atoms with Crippen molar-refractivity contribution in [3.8, 4) is 0 Å². The molecule has 1 aliphatic rings. The van der Waals surface area contributed by atoms with Gasteiger partial charge >= 0.3 is 0 Å². The molecule has 4 nitrogen and oxygen atoms in total. The number of likely N-dealkylation sites (tertiary alicyclic amines) is 1. The maximum atomic E-state index is 12.6. The fourth-order valence-corrected chi connectivity index (χ4v) is 4.30. The van der Waals surface area contributed by atoms with Gasteiger partial charge in [0, 0.05) is 26.2 Å². The highest BCUT2D eigenvalue weighted by Gasteiger charge is 2.41. The predicted molar refractivity (Wildman–Crippen MR) is 118 cm³/mol. The summed E-state index contributed by atoms with van der Waals surface area (Å²) in [4.78, 5) is 14.9. The number of benzene rings is 2. The molecule has 3 rings (SSSR count). The Labute approximate surface area is 178 Å². The molecule has 0 aromatic heterocycles. The minimum absolute atomic E-state index is 0.0718. The Bertz CT molecular complexity index is 804. The van der Waals surface area contributed by atoms with Gasteiger partial charge in [0.15, 0.2) is 0 Å². The molecule has 1 amide bonds. The van der Waals surface area contributed by atoms with Crippen LogP contribution in [0.15, 0.2) is 54.6 Å². The third-order valence-electron chi connectivity index (χ3n) is 6.05. The summed E-state index contributed by atoms with van der Waals surface area (Å²) < 4.78 is 0.